The van der Waals surface area contributed by atoms with E-state index in [2.05, 4.69) is 26.3 Å². The number of hydrogen-bond acceptors (Lipinski definition) is 4. The number of carbonyl (C=O) groups is 1. The molecule has 1 fully saturated rings. The Balaban J connectivity index is 1.42. The molecule has 2 aromatic heterocycles. The van der Waals surface area contributed by atoms with Crippen LogP contribution in [0.15, 0.2) is 42.6 Å². The van der Waals surface area contributed by atoms with Gasteiger partial charge in [-0.05, 0) is 62.1 Å². The largest absolute Gasteiger partial charge is 0.494 e. The molecule has 0 radical (unpaired) electrons. The smallest absolute Gasteiger partial charge is 0.267 e. The molecule has 0 spiro atoms. The molecule has 6 heteroatoms. The summed E-state index contributed by atoms with van der Waals surface area (Å²) in [6, 6.07) is 11.7. The molecule has 3 heterocycles. The zero-order valence-electron chi connectivity index (χ0n) is 16.2. The van der Waals surface area contributed by atoms with Crippen molar-refractivity contribution in [2.45, 2.75) is 32.7 Å². The van der Waals surface area contributed by atoms with Crippen molar-refractivity contribution in [2.24, 2.45) is 0 Å². The van der Waals surface area contributed by atoms with Gasteiger partial charge in [0.2, 0.25) is 0 Å². The Kier molecular flexibility index (Phi) is 5.46. The van der Waals surface area contributed by atoms with Gasteiger partial charge >= 0.3 is 0 Å². The van der Waals surface area contributed by atoms with Crippen molar-refractivity contribution < 1.29 is 9.53 Å². The minimum atomic E-state index is -0.120. The van der Waals surface area contributed by atoms with Crippen LogP contribution in [0.2, 0.25) is 0 Å². The first-order valence-electron chi connectivity index (χ1n) is 9.96. The third-order valence-electron chi connectivity index (χ3n) is 5.09. The summed E-state index contributed by atoms with van der Waals surface area (Å²) in [6.45, 7) is 5.16. The minimum absolute atomic E-state index is 0.120. The highest BCUT2D eigenvalue weighted by Gasteiger charge is 2.13. The molecule has 0 saturated carbocycles. The van der Waals surface area contributed by atoms with Crippen LogP contribution in [0.3, 0.4) is 0 Å². The number of benzene rings is 1. The van der Waals surface area contributed by atoms with Gasteiger partial charge in [-0.2, -0.15) is 0 Å². The predicted molar refractivity (Wildman–Crippen MR) is 111 cm³/mol. The summed E-state index contributed by atoms with van der Waals surface area (Å²) < 4.78 is 5.52. The number of aromatic amines is 1. The lowest BCUT2D eigenvalue weighted by Crippen LogP contribution is -2.30. The molecule has 1 saturated heterocycles. The van der Waals surface area contributed by atoms with Gasteiger partial charge < -0.3 is 19.9 Å². The number of H-pyrrole nitrogens is 1. The lowest BCUT2D eigenvalue weighted by atomic mass is 10.1. The van der Waals surface area contributed by atoms with E-state index < -0.39 is 0 Å². The molecule has 6 nitrogen and oxygen atoms in total. The van der Waals surface area contributed by atoms with Crippen LogP contribution in [0.1, 0.15) is 42.2 Å². The second kappa shape index (κ2) is 8.33. The maximum Gasteiger partial charge on any atom is 0.267 e. The van der Waals surface area contributed by atoms with Crippen LogP contribution < -0.4 is 15.0 Å². The van der Waals surface area contributed by atoms with E-state index in [0.717, 1.165) is 41.1 Å². The Morgan fingerprint density at radius 1 is 1.18 bits per heavy atom. The van der Waals surface area contributed by atoms with Gasteiger partial charge in [-0.1, -0.05) is 0 Å². The number of nitrogens with zero attached hydrogens (tertiary/aromatic N) is 2. The molecule has 2 N–H and O–H groups in total. The van der Waals surface area contributed by atoms with Gasteiger partial charge in [0.1, 0.15) is 17.3 Å². The van der Waals surface area contributed by atoms with Crippen LogP contribution in [0, 0.1) is 0 Å². The molecular formula is C22H26N4O2. The molecule has 0 bridgehead atoms. The fraction of sp³-hybridized carbons (Fsp3) is 0.364. The normalized spacial score (nSPS) is 14.2. The number of pyridine rings is 1. The first-order chi connectivity index (χ1) is 13.7. The number of amides is 1. The summed E-state index contributed by atoms with van der Waals surface area (Å²) in [6.07, 6.45) is 5.55. The number of aromatic nitrogens is 2. The van der Waals surface area contributed by atoms with Crippen LogP contribution in [0.4, 0.5) is 5.82 Å². The first-order valence-corrected chi connectivity index (χ1v) is 9.96. The summed E-state index contributed by atoms with van der Waals surface area (Å²) in [5, 5.41) is 3.99. The quantitative estimate of drug-likeness (QED) is 0.683. The molecular weight excluding hydrogens is 352 g/mol. The number of rotatable bonds is 6. The summed E-state index contributed by atoms with van der Waals surface area (Å²) >= 11 is 0. The fourth-order valence-corrected chi connectivity index (χ4v) is 3.63. The number of nitrogens with one attached hydrogen (secondary N) is 2. The molecule has 0 aliphatic carbocycles. The van der Waals surface area contributed by atoms with Crippen molar-refractivity contribution >= 4 is 22.6 Å². The van der Waals surface area contributed by atoms with E-state index in [1.807, 2.05) is 43.5 Å². The Morgan fingerprint density at radius 3 is 2.86 bits per heavy atom. The second-order valence-electron chi connectivity index (χ2n) is 7.12. The summed E-state index contributed by atoms with van der Waals surface area (Å²) in [5.74, 6) is 1.68. The SMILES string of the molecule is CCOc1ccc2cc(C(=O)NCc3ccnc(N4CCCCC4)c3)[nH]c2c1. The standard InChI is InChI=1S/C22H26N4O2/c1-2-28-18-7-6-17-13-20(25-19(17)14-18)22(27)24-15-16-8-9-23-21(12-16)26-10-4-3-5-11-26/h6-9,12-14,25H,2-5,10-11,15H2,1H3,(H,24,27). The van der Waals surface area contributed by atoms with E-state index in [1.54, 1.807) is 0 Å². The van der Waals surface area contributed by atoms with E-state index in [1.165, 1.54) is 19.3 Å². The van der Waals surface area contributed by atoms with Crippen molar-refractivity contribution in [1.29, 1.82) is 0 Å². The van der Waals surface area contributed by atoms with Gasteiger partial charge in [-0.25, -0.2) is 4.98 Å². The van der Waals surface area contributed by atoms with Crippen LogP contribution in [0.25, 0.3) is 10.9 Å². The predicted octanol–water partition coefficient (Wildman–Crippen LogP) is 3.88. The molecule has 146 valence electrons. The van der Waals surface area contributed by atoms with Crippen LogP contribution >= 0.6 is 0 Å². The number of piperidine rings is 1. The second-order valence-corrected chi connectivity index (χ2v) is 7.12. The average Bonchev–Trinajstić information content (AvgIpc) is 3.17. The molecule has 1 amide bonds. The fourth-order valence-electron chi connectivity index (χ4n) is 3.63. The van der Waals surface area contributed by atoms with E-state index >= 15 is 0 Å². The average molecular weight is 378 g/mol. The van der Waals surface area contributed by atoms with Gasteiger partial charge in [0.25, 0.3) is 5.91 Å². The van der Waals surface area contributed by atoms with Crippen molar-refractivity contribution in [1.82, 2.24) is 15.3 Å². The molecule has 0 atom stereocenters. The summed E-state index contributed by atoms with van der Waals surface area (Å²) in [4.78, 5) is 22.6. The Bertz CT molecular complexity index is 960. The van der Waals surface area contributed by atoms with Gasteiger partial charge in [0, 0.05) is 42.8 Å². The number of carbonyl (C=O) groups excluding carboxylic acids is 1. The lowest BCUT2D eigenvalue weighted by molar-refractivity contribution is 0.0946. The molecule has 28 heavy (non-hydrogen) atoms. The maximum absolute atomic E-state index is 12.6. The van der Waals surface area contributed by atoms with Crippen LogP contribution in [-0.4, -0.2) is 35.6 Å². The van der Waals surface area contributed by atoms with E-state index in [0.29, 0.717) is 18.8 Å². The first kappa shape index (κ1) is 18.3. The Morgan fingerprint density at radius 2 is 2.04 bits per heavy atom. The van der Waals surface area contributed by atoms with Crippen molar-refractivity contribution in [3.8, 4) is 5.75 Å². The topological polar surface area (TPSA) is 70.2 Å². The van der Waals surface area contributed by atoms with Crippen LogP contribution in [0.5, 0.6) is 5.75 Å². The zero-order valence-corrected chi connectivity index (χ0v) is 16.2. The highest BCUT2D eigenvalue weighted by Crippen LogP contribution is 2.22. The molecule has 1 aliphatic heterocycles. The van der Waals surface area contributed by atoms with Gasteiger partial charge in [-0.3, -0.25) is 4.79 Å². The van der Waals surface area contributed by atoms with Crippen molar-refractivity contribution in [2.75, 3.05) is 24.6 Å². The minimum Gasteiger partial charge on any atom is -0.494 e. The number of ether oxygens (including phenoxy) is 1. The Hall–Kier alpha value is -3.02. The number of fused-ring (bicyclic) bond motifs is 1. The molecule has 1 aliphatic rings. The third kappa shape index (κ3) is 4.11. The van der Waals surface area contributed by atoms with Gasteiger partial charge in [0.15, 0.2) is 0 Å². The van der Waals surface area contributed by atoms with E-state index in [-0.39, 0.29) is 5.91 Å². The monoisotopic (exact) mass is 378 g/mol. The zero-order chi connectivity index (χ0) is 19.3. The number of hydrogen-bond donors (Lipinski definition) is 2. The summed E-state index contributed by atoms with van der Waals surface area (Å²) in [7, 11) is 0. The van der Waals surface area contributed by atoms with Crippen molar-refractivity contribution in [3.63, 3.8) is 0 Å². The third-order valence-corrected chi connectivity index (χ3v) is 5.09. The molecule has 0 unspecified atom stereocenters. The van der Waals surface area contributed by atoms with Gasteiger partial charge in [-0.15, -0.1) is 0 Å². The lowest BCUT2D eigenvalue weighted by Gasteiger charge is -2.27. The van der Waals surface area contributed by atoms with Crippen LogP contribution in [-0.2, 0) is 6.54 Å². The van der Waals surface area contributed by atoms with Gasteiger partial charge in [0.05, 0.1) is 6.61 Å². The summed E-state index contributed by atoms with van der Waals surface area (Å²) in [5.41, 5.74) is 2.50. The molecule has 1 aromatic carbocycles. The van der Waals surface area contributed by atoms with E-state index in [9.17, 15) is 4.79 Å². The van der Waals surface area contributed by atoms with E-state index in [4.69, 9.17) is 4.74 Å². The molecule has 4 rings (SSSR count). The highest BCUT2D eigenvalue weighted by atomic mass is 16.5. The van der Waals surface area contributed by atoms with Crippen molar-refractivity contribution in [3.05, 3.63) is 53.9 Å². The highest BCUT2D eigenvalue weighted by molar-refractivity contribution is 5.98. The molecule has 3 aromatic rings. The maximum atomic E-state index is 12.6. The Labute approximate surface area is 164 Å². The number of anilines is 1.